The summed E-state index contributed by atoms with van der Waals surface area (Å²) in [4.78, 5) is 22.2. The molecule has 1 N–H and O–H groups in total. The average molecular weight is 217 g/mol. The van der Waals surface area contributed by atoms with E-state index in [9.17, 15) is 9.59 Å². The van der Waals surface area contributed by atoms with Crippen LogP contribution in [0.1, 0.15) is 19.3 Å². The molecule has 0 saturated carbocycles. The van der Waals surface area contributed by atoms with Gasteiger partial charge in [0.2, 0.25) is 5.91 Å². The third kappa shape index (κ3) is 4.00. The smallest absolute Gasteiger partial charge is 0.306 e. The molecule has 0 aromatic rings. The highest BCUT2D eigenvalue weighted by Crippen LogP contribution is 2.06. The van der Waals surface area contributed by atoms with Gasteiger partial charge in [0.25, 0.3) is 0 Å². The largest absolute Gasteiger partial charge is 0.463 e. The molecule has 0 spiro atoms. The van der Waals surface area contributed by atoms with Crippen molar-refractivity contribution in [1.82, 2.24) is 5.32 Å². The summed E-state index contributed by atoms with van der Waals surface area (Å²) in [5.41, 5.74) is 0. The molecule has 1 saturated heterocycles. The molecule has 4 nitrogen and oxygen atoms in total. The van der Waals surface area contributed by atoms with Gasteiger partial charge in [-0.3, -0.25) is 9.59 Å². The summed E-state index contributed by atoms with van der Waals surface area (Å²) in [6.07, 6.45) is 3.30. The topological polar surface area (TPSA) is 55.4 Å². The van der Waals surface area contributed by atoms with Crippen LogP contribution in [0.5, 0.6) is 0 Å². The van der Waals surface area contributed by atoms with Crippen LogP contribution >= 0.6 is 11.8 Å². The molecule has 1 unspecified atom stereocenters. The lowest BCUT2D eigenvalue weighted by molar-refractivity contribution is -0.148. The van der Waals surface area contributed by atoms with E-state index >= 15 is 0 Å². The number of nitrogens with one attached hydrogen (secondary N) is 1. The molecule has 1 fully saturated rings. The number of thioether (sulfide) groups is 1. The minimum atomic E-state index is -0.269. The number of esters is 1. The van der Waals surface area contributed by atoms with Crippen LogP contribution in [0.2, 0.25) is 0 Å². The van der Waals surface area contributed by atoms with E-state index in [1.807, 2.05) is 6.26 Å². The van der Waals surface area contributed by atoms with Crippen molar-refractivity contribution in [2.24, 2.45) is 0 Å². The number of cyclic esters (lactones) is 1. The van der Waals surface area contributed by atoms with Gasteiger partial charge in [0.1, 0.15) is 6.61 Å². The van der Waals surface area contributed by atoms with Crippen LogP contribution < -0.4 is 5.32 Å². The van der Waals surface area contributed by atoms with Crippen molar-refractivity contribution in [3.63, 3.8) is 0 Å². The first-order valence-electron chi connectivity index (χ1n) is 4.66. The molecule has 1 amide bonds. The molecule has 1 aliphatic rings. The van der Waals surface area contributed by atoms with Gasteiger partial charge < -0.3 is 10.1 Å². The van der Waals surface area contributed by atoms with Crippen LogP contribution in [0.15, 0.2) is 0 Å². The molecular weight excluding hydrogens is 202 g/mol. The lowest BCUT2D eigenvalue weighted by atomic mass is 10.2. The van der Waals surface area contributed by atoms with E-state index in [2.05, 4.69) is 5.32 Å². The third-order valence-electron chi connectivity index (χ3n) is 2.04. The first kappa shape index (κ1) is 11.4. The maximum absolute atomic E-state index is 11.2. The summed E-state index contributed by atoms with van der Waals surface area (Å²) in [5, 5.41) is 2.84. The summed E-state index contributed by atoms with van der Waals surface area (Å²) >= 11 is 1.72. The van der Waals surface area contributed by atoms with Crippen LogP contribution in [0.25, 0.3) is 0 Å². The Morgan fingerprint density at radius 1 is 1.50 bits per heavy atom. The van der Waals surface area contributed by atoms with Crippen LogP contribution in [-0.2, 0) is 14.3 Å². The van der Waals surface area contributed by atoms with Crippen LogP contribution in [0.4, 0.5) is 0 Å². The van der Waals surface area contributed by atoms with Crippen molar-refractivity contribution < 1.29 is 14.3 Å². The molecule has 1 rings (SSSR count). The predicted octanol–water partition coefficient (Wildman–Crippen LogP) is 0.561. The maximum atomic E-state index is 11.2. The second-order valence-electron chi connectivity index (χ2n) is 3.23. The Morgan fingerprint density at radius 3 is 3.00 bits per heavy atom. The first-order chi connectivity index (χ1) is 6.72. The monoisotopic (exact) mass is 217 g/mol. The third-order valence-corrected chi connectivity index (χ3v) is 2.68. The van der Waals surface area contributed by atoms with Gasteiger partial charge >= 0.3 is 5.97 Å². The maximum Gasteiger partial charge on any atom is 0.306 e. The van der Waals surface area contributed by atoms with Crippen molar-refractivity contribution in [1.29, 1.82) is 0 Å². The molecule has 5 heteroatoms. The zero-order valence-corrected chi connectivity index (χ0v) is 9.06. The molecule has 1 aliphatic heterocycles. The number of rotatable bonds is 3. The molecule has 14 heavy (non-hydrogen) atoms. The predicted molar refractivity (Wildman–Crippen MR) is 55.1 cm³/mol. The summed E-state index contributed by atoms with van der Waals surface area (Å²) in [7, 11) is 0. The van der Waals surface area contributed by atoms with Gasteiger partial charge in [-0.2, -0.15) is 11.8 Å². The molecule has 0 bridgehead atoms. The van der Waals surface area contributed by atoms with Crippen LogP contribution in [0.3, 0.4) is 0 Å². The Bertz CT molecular complexity index is 220. The standard InChI is InChI=1S/C9H15NO3S/c1-14-5-4-7-6-13-9(12)3-2-8(11)10-7/h7H,2-6H2,1H3,(H,10,11). The lowest BCUT2D eigenvalue weighted by Crippen LogP contribution is -2.41. The van der Waals surface area contributed by atoms with E-state index in [0.717, 1.165) is 12.2 Å². The average Bonchev–Trinajstić information content (AvgIpc) is 2.16. The fraction of sp³-hybridized carbons (Fsp3) is 0.778. The van der Waals surface area contributed by atoms with E-state index < -0.39 is 0 Å². The van der Waals surface area contributed by atoms with Gasteiger partial charge in [-0.15, -0.1) is 0 Å². The Labute approximate surface area is 87.8 Å². The van der Waals surface area contributed by atoms with E-state index in [-0.39, 0.29) is 30.8 Å². The molecule has 0 aromatic heterocycles. The van der Waals surface area contributed by atoms with E-state index in [4.69, 9.17) is 4.74 Å². The van der Waals surface area contributed by atoms with Crippen molar-refractivity contribution >= 4 is 23.6 Å². The van der Waals surface area contributed by atoms with Crippen LogP contribution in [-0.4, -0.2) is 36.5 Å². The second kappa shape index (κ2) is 5.90. The lowest BCUT2D eigenvalue weighted by Gasteiger charge is -2.20. The number of hydrogen-bond acceptors (Lipinski definition) is 4. The molecule has 1 atom stereocenters. The SMILES string of the molecule is CSCCC1COC(=O)CCC(=O)N1. The quantitative estimate of drug-likeness (QED) is 0.702. The molecule has 0 radical (unpaired) electrons. The molecule has 0 aliphatic carbocycles. The van der Waals surface area contributed by atoms with Gasteiger partial charge in [-0.05, 0) is 18.4 Å². The van der Waals surface area contributed by atoms with E-state index in [1.54, 1.807) is 11.8 Å². The highest BCUT2D eigenvalue weighted by Gasteiger charge is 2.18. The Kier molecular flexibility index (Phi) is 4.79. The summed E-state index contributed by atoms with van der Waals surface area (Å²) in [6.45, 7) is 0.311. The number of ether oxygens (including phenoxy) is 1. The van der Waals surface area contributed by atoms with Crippen LogP contribution in [0, 0.1) is 0 Å². The van der Waals surface area contributed by atoms with Crippen molar-refractivity contribution in [2.45, 2.75) is 25.3 Å². The molecule has 0 aromatic carbocycles. The number of hydrogen-bond donors (Lipinski definition) is 1. The van der Waals surface area contributed by atoms with Gasteiger partial charge in [-0.1, -0.05) is 0 Å². The number of carbonyl (C=O) groups is 2. The first-order valence-corrected chi connectivity index (χ1v) is 6.05. The van der Waals surface area contributed by atoms with Gasteiger partial charge in [-0.25, -0.2) is 0 Å². The van der Waals surface area contributed by atoms with E-state index in [0.29, 0.717) is 6.61 Å². The molecule has 1 heterocycles. The minimum Gasteiger partial charge on any atom is -0.463 e. The molecule has 80 valence electrons. The number of amides is 1. The highest BCUT2D eigenvalue weighted by atomic mass is 32.2. The summed E-state index contributed by atoms with van der Waals surface area (Å²) in [5.74, 6) is 0.643. The Morgan fingerprint density at radius 2 is 2.29 bits per heavy atom. The zero-order chi connectivity index (χ0) is 10.4. The van der Waals surface area contributed by atoms with Gasteiger partial charge in [0.15, 0.2) is 0 Å². The summed E-state index contributed by atoms with van der Waals surface area (Å²) in [6, 6.07) is -0.0146. The summed E-state index contributed by atoms with van der Waals surface area (Å²) < 4.78 is 4.98. The second-order valence-corrected chi connectivity index (χ2v) is 4.21. The van der Waals surface area contributed by atoms with Crippen molar-refractivity contribution in [3.8, 4) is 0 Å². The minimum absolute atomic E-state index is 0.0146. The fourth-order valence-electron chi connectivity index (χ4n) is 1.24. The van der Waals surface area contributed by atoms with Crippen molar-refractivity contribution in [2.75, 3.05) is 18.6 Å². The normalized spacial score (nSPS) is 23.4. The Balaban J connectivity index is 2.40. The van der Waals surface area contributed by atoms with Gasteiger partial charge in [0, 0.05) is 6.42 Å². The highest BCUT2D eigenvalue weighted by molar-refractivity contribution is 7.98. The van der Waals surface area contributed by atoms with Crippen molar-refractivity contribution in [3.05, 3.63) is 0 Å². The molecular formula is C9H15NO3S. The Hall–Kier alpha value is -0.710. The fourth-order valence-corrected chi connectivity index (χ4v) is 1.76. The zero-order valence-electron chi connectivity index (χ0n) is 8.25. The van der Waals surface area contributed by atoms with E-state index in [1.165, 1.54) is 0 Å². The number of carbonyl (C=O) groups excluding carboxylic acids is 2. The van der Waals surface area contributed by atoms with Gasteiger partial charge in [0.05, 0.1) is 12.5 Å².